The smallest absolute Gasteiger partial charge is 0.328 e. The van der Waals surface area contributed by atoms with E-state index in [4.69, 9.17) is 9.26 Å². The van der Waals surface area contributed by atoms with Gasteiger partial charge in [-0.15, -0.1) is 11.3 Å². The van der Waals surface area contributed by atoms with Gasteiger partial charge in [-0.05, 0) is 12.8 Å². The summed E-state index contributed by atoms with van der Waals surface area (Å²) in [4.78, 5) is 7.74. The van der Waals surface area contributed by atoms with Crippen LogP contribution in [-0.4, -0.2) is 28.3 Å². The number of alkyl halides is 2. The Balaban J connectivity index is 1.84. The highest BCUT2D eigenvalue weighted by molar-refractivity contribution is 7.07. The Morgan fingerprint density at radius 1 is 1.32 bits per heavy atom. The van der Waals surface area contributed by atoms with Gasteiger partial charge < -0.3 is 9.26 Å². The first kappa shape index (κ1) is 12.6. The van der Waals surface area contributed by atoms with Crippen LogP contribution in [-0.2, 0) is 10.7 Å². The molecule has 0 aromatic carbocycles. The molecule has 5 nitrogen and oxygen atoms in total. The monoisotopic (exact) mass is 287 g/mol. The van der Waals surface area contributed by atoms with Crippen LogP contribution in [0.2, 0.25) is 0 Å². The molecule has 8 heteroatoms. The molecule has 1 saturated heterocycles. The van der Waals surface area contributed by atoms with Gasteiger partial charge in [-0.2, -0.15) is 13.8 Å². The number of hydrogen-bond acceptors (Lipinski definition) is 6. The quantitative estimate of drug-likeness (QED) is 0.868. The second-order valence-corrected chi connectivity index (χ2v) is 5.03. The van der Waals surface area contributed by atoms with Crippen LogP contribution in [0.5, 0.6) is 0 Å². The Kier molecular flexibility index (Phi) is 3.28. The molecule has 0 unspecified atom stereocenters. The van der Waals surface area contributed by atoms with E-state index in [2.05, 4.69) is 15.1 Å². The second-order valence-electron chi connectivity index (χ2n) is 4.31. The van der Waals surface area contributed by atoms with E-state index in [0.717, 1.165) is 0 Å². The van der Waals surface area contributed by atoms with E-state index < -0.39 is 17.7 Å². The van der Waals surface area contributed by atoms with E-state index in [1.165, 1.54) is 11.3 Å². The van der Waals surface area contributed by atoms with Gasteiger partial charge in [0.15, 0.2) is 0 Å². The summed E-state index contributed by atoms with van der Waals surface area (Å²) in [6.45, 7) is 0.681. The number of rotatable bonds is 3. The molecule has 0 saturated carbocycles. The number of ether oxygens (including phenoxy) is 1. The molecule has 0 amide bonds. The van der Waals surface area contributed by atoms with Gasteiger partial charge in [0.2, 0.25) is 5.82 Å². The van der Waals surface area contributed by atoms with Crippen molar-refractivity contribution in [1.82, 2.24) is 15.1 Å². The molecule has 0 aliphatic carbocycles. The van der Waals surface area contributed by atoms with Crippen molar-refractivity contribution in [2.24, 2.45) is 5.92 Å². The third kappa shape index (κ3) is 2.37. The Bertz CT molecular complexity index is 538. The number of hydrogen-bond donors (Lipinski definition) is 0. The average Bonchev–Trinajstić information content (AvgIpc) is 3.10. The molecule has 3 heterocycles. The maximum atomic E-state index is 14.2. The normalized spacial score (nSPS) is 17.8. The van der Waals surface area contributed by atoms with Gasteiger partial charge in [0.25, 0.3) is 5.89 Å². The molecule has 1 fully saturated rings. The Labute approximate surface area is 111 Å². The predicted octanol–water partition coefficient (Wildman–Crippen LogP) is 2.71. The SMILES string of the molecule is FC(F)(c1nc(-c2cscn2)no1)C1CCOCC1. The fourth-order valence-electron chi connectivity index (χ4n) is 2.02. The minimum absolute atomic E-state index is 0.1000. The summed E-state index contributed by atoms with van der Waals surface area (Å²) in [6, 6.07) is 0. The summed E-state index contributed by atoms with van der Waals surface area (Å²) in [5.74, 6) is -4.47. The van der Waals surface area contributed by atoms with Gasteiger partial charge in [-0.3, -0.25) is 0 Å². The fraction of sp³-hybridized carbons (Fsp3) is 0.545. The maximum absolute atomic E-state index is 14.2. The topological polar surface area (TPSA) is 61.0 Å². The summed E-state index contributed by atoms with van der Waals surface area (Å²) in [7, 11) is 0. The molecule has 1 aliphatic heterocycles. The minimum Gasteiger partial charge on any atom is -0.381 e. The summed E-state index contributed by atoms with van der Waals surface area (Å²) in [5, 5.41) is 5.25. The molecule has 0 N–H and O–H groups in total. The standard InChI is InChI=1S/C11H11F2N3O2S/c12-11(13,7-1-3-17-4-2-7)10-15-9(16-18-10)8-5-19-6-14-8/h5-7H,1-4H2. The molecule has 102 valence electrons. The molecule has 2 aromatic rings. The molecule has 0 bridgehead atoms. The van der Waals surface area contributed by atoms with Crippen LogP contribution >= 0.6 is 11.3 Å². The molecule has 1 aliphatic rings. The van der Waals surface area contributed by atoms with Crippen LogP contribution in [0.15, 0.2) is 15.4 Å². The largest absolute Gasteiger partial charge is 0.381 e. The van der Waals surface area contributed by atoms with Gasteiger partial charge in [0.05, 0.1) is 5.51 Å². The molecular formula is C11H11F2N3O2S. The summed E-state index contributed by atoms with van der Waals surface area (Å²) < 4.78 is 38.3. The minimum atomic E-state index is -3.12. The lowest BCUT2D eigenvalue weighted by Gasteiger charge is -2.27. The van der Waals surface area contributed by atoms with Crippen molar-refractivity contribution in [2.45, 2.75) is 18.8 Å². The molecule has 0 atom stereocenters. The second kappa shape index (κ2) is 4.93. The zero-order chi connectivity index (χ0) is 13.3. The van der Waals surface area contributed by atoms with Crippen LogP contribution in [0.3, 0.4) is 0 Å². The maximum Gasteiger partial charge on any atom is 0.328 e. The van der Waals surface area contributed by atoms with Crippen molar-refractivity contribution in [2.75, 3.05) is 13.2 Å². The van der Waals surface area contributed by atoms with E-state index in [9.17, 15) is 8.78 Å². The summed E-state index contributed by atoms with van der Waals surface area (Å²) >= 11 is 1.34. The highest BCUT2D eigenvalue weighted by Crippen LogP contribution is 2.40. The van der Waals surface area contributed by atoms with Crippen LogP contribution in [0.25, 0.3) is 11.5 Å². The van der Waals surface area contributed by atoms with Gasteiger partial charge in [-0.25, -0.2) is 4.98 Å². The van der Waals surface area contributed by atoms with Crippen LogP contribution in [0, 0.1) is 5.92 Å². The van der Waals surface area contributed by atoms with Crippen molar-refractivity contribution in [3.05, 3.63) is 16.8 Å². The molecular weight excluding hydrogens is 276 g/mol. The molecule has 19 heavy (non-hydrogen) atoms. The Hall–Kier alpha value is -1.41. The van der Waals surface area contributed by atoms with Crippen LogP contribution in [0.1, 0.15) is 18.7 Å². The van der Waals surface area contributed by atoms with Crippen molar-refractivity contribution in [1.29, 1.82) is 0 Å². The van der Waals surface area contributed by atoms with E-state index in [1.54, 1.807) is 10.9 Å². The van der Waals surface area contributed by atoms with E-state index in [0.29, 0.717) is 31.7 Å². The van der Waals surface area contributed by atoms with Crippen LogP contribution < -0.4 is 0 Å². The molecule has 3 rings (SSSR count). The van der Waals surface area contributed by atoms with Gasteiger partial charge >= 0.3 is 5.92 Å². The number of halogens is 2. The lowest BCUT2D eigenvalue weighted by Crippen LogP contribution is -2.31. The lowest BCUT2D eigenvalue weighted by atomic mass is 9.93. The number of thiazole rings is 1. The Morgan fingerprint density at radius 3 is 2.79 bits per heavy atom. The third-order valence-electron chi connectivity index (χ3n) is 3.11. The van der Waals surface area contributed by atoms with Crippen LogP contribution in [0.4, 0.5) is 8.78 Å². The van der Waals surface area contributed by atoms with Crippen molar-refractivity contribution in [3.63, 3.8) is 0 Å². The number of aromatic nitrogens is 3. The fourth-order valence-corrected chi connectivity index (χ4v) is 2.55. The first-order valence-electron chi connectivity index (χ1n) is 5.86. The van der Waals surface area contributed by atoms with Crippen molar-refractivity contribution < 1.29 is 18.0 Å². The average molecular weight is 287 g/mol. The van der Waals surface area contributed by atoms with Gasteiger partial charge in [0, 0.05) is 24.5 Å². The van der Waals surface area contributed by atoms with E-state index >= 15 is 0 Å². The first-order chi connectivity index (χ1) is 9.18. The number of nitrogens with zero attached hydrogens (tertiary/aromatic N) is 3. The van der Waals surface area contributed by atoms with Gasteiger partial charge in [-0.1, -0.05) is 5.16 Å². The highest BCUT2D eigenvalue weighted by atomic mass is 32.1. The summed E-state index contributed by atoms with van der Waals surface area (Å²) in [6.07, 6.45) is 0.586. The zero-order valence-electron chi connectivity index (χ0n) is 9.88. The highest BCUT2D eigenvalue weighted by Gasteiger charge is 2.47. The Morgan fingerprint density at radius 2 is 2.11 bits per heavy atom. The van der Waals surface area contributed by atoms with Crippen molar-refractivity contribution >= 4 is 11.3 Å². The third-order valence-corrected chi connectivity index (χ3v) is 3.69. The van der Waals surface area contributed by atoms with Gasteiger partial charge in [0.1, 0.15) is 5.69 Å². The summed E-state index contributed by atoms with van der Waals surface area (Å²) in [5.41, 5.74) is 2.03. The van der Waals surface area contributed by atoms with Crippen molar-refractivity contribution in [3.8, 4) is 11.5 Å². The molecule has 2 aromatic heterocycles. The zero-order valence-corrected chi connectivity index (χ0v) is 10.7. The van der Waals surface area contributed by atoms with E-state index in [-0.39, 0.29) is 5.82 Å². The first-order valence-corrected chi connectivity index (χ1v) is 6.80. The molecule has 0 radical (unpaired) electrons. The predicted molar refractivity (Wildman–Crippen MR) is 62.8 cm³/mol. The lowest BCUT2D eigenvalue weighted by molar-refractivity contribution is -0.121. The van der Waals surface area contributed by atoms with E-state index in [1.807, 2.05) is 0 Å². The molecule has 0 spiro atoms.